The predicted molar refractivity (Wildman–Crippen MR) is 154 cm³/mol. The number of nitrogens with one attached hydrogen (secondary N) is 1. The largest absolute Gasteiger partial charge is 0.493 e. The van der Waals surface area contributed by atoms with E-state index in [1.165, 1.54) is 6.33 Å². The number of anilines is 2. The molecule has 1 amide bonds. The number of aromatic nitrogens is 2. The lowest BCUT2D eigenvalue weighted by Gasteiger charge is -2.39. The van der Waals surface area contributed by atoms with Crippen LogP contribution in [0.5, 0.6) is 11.5 Å². The van der Waals surface area contributed by atoms with Gasteiger partial charge in [0.1, 0.15) is 17.7 Å². The second-order valence-electron chi connectivity index (χ2n) is 11.2. The third-order valence-electron chi connectivity index (χ3n) is 7.32. The van der Waals surface area contributed by atoms with Gasteiger partial charge < -0.3 is 24.4 Å². The molecule has 2 aliphatic heterocycles. The van der Waals surface area contributed by atoms with E-state index in [-0.39, 0.29) is 18.2 Å². The fraction of sp³-hybridized carbons (Fsp3) is 0.483. The SMILES string of the molecule is COc1cc2c(Nc3ccc(Cl)c(Cl)c3)ncnc2cc1OCCC1C[C@H]2CC[C@@H](C1)N2C(=O)OC(C)(C)C. The maximum absolute atomic E-state index is 12.8. The second kappa shape index (κ2) is 11.3. The van der Waals surface area contributed by atoms with Crippen LogP contribution in [0, 0.1) is 5.92 Å². The lowest BCUT2D eigenvalue weighted by Crippen LogP contribution is -2.48. The number of methoxy groups -OCH3 is 1. The second-order valence-corrected chi connectivity index (χ2v) is 12.1. The van der Waals surface area contributed by atoms with Crippen molar-refractivity contribution in [3.63, 3.8) is 0 Å². The standard InChI is InChI=1S/C29H34Cl2N4O4/c1-29(2,3)39-28(36)35-19-6-7-20(35)12-17(11-19)9-10-38-26-15-24-21(14-25(26)37-4)27(33-16-32-24)34-18-5-8-22(30)23(31)13-18/h5,8,13-17,19-20H,6-7,9-12H2,1-4H3,(H,32,33,34)/t17?,19-,20+. The number of carbonyl (C=O) groups is 1. The van der Waals surface area contributed by atoms with Crippen molar-refractivity contribution in [1.29, 1.82) is 0 Å². The highest BCUT2D eigenvalue weighted by Gasteiger charge is 2.44. The van der Waals surface area contributed by atoms with Crippen molar-refractivity contribution >= 4 is 51.7 Å². The Hall–Kier alpha value is -2.97. The molecule has 208 valence electrons. The minimum Gasteiger partial charge on any atom is -0.493 e. The van der Waals surface area contributed by atoms with E-state index in [1.807, 2.05) is 43.9 Å². The number of piperidine rings is 1. The Morgan fingerprint density at radius 2 is 1.79 bits per heavy atom. The Kier molecular flexibility index (Phi) is 7.96. The highest BCUT2D eigenvalue weighted by atomic mass is 35.5. The van der Waals surface area contributed by atoms with Crippen LogP contribution in [0.3, 0.4) is 0 Å². The number of ether oxygens (including phenoxy) is 3. The molecule has 0 spiro atoms. The summed E-state index contributed by atoms with van der Waals surface area (Å²) in [6.45, 7) is 6.29. The van der Waals surface area contributed by atoms with Gasteiger partial charge in [0.15, 0.2) is 11.5 Å². The van der Waals surface area contributed by atoms with Gasteiger partial charge in [-0.25, -0.2) is 14.8 Å². The van der Waals surface area contributed by atoms with Crippen LogP contribution in [0.15, 0.2) is 36.7 Å². The van der Waals surface area contributed by atoms with Crippen molar-refractivity contribution in [3.05, 3.63) is 46.7 Å². The number of nitrogens with zero attached hydrogens (tertiary/aromatic N) is 3. The number of fused-ring (bicyclic) bond motifs is 3. The normalized spacial score (nSPS) is 20.7. The highest BCUT2D eigenvalue weighted by molar-refractivity contribution is 6.42. The molecule has 0 aliphatic carbocycles. The van der Waals surface area contributed by atoms with E-state index >= 15 is 0 Å². The molecule has 8 nitrogen and oxygen atoms in total. The van der Waals surface area contributed by atoms with Crippen LogP contribution in [-0.4, -0.2) is 52.4 Å². The summed E-state index contributed by atoms with van der Waals surface area (Å²) in [7, 11) is 1.62. The number of hydrogen-bond acceptors (Lipinski definition) is 7. The zero-order chi connectivity index (χ0) is 27.7. The van der Waals surface area contributed by atoms with E-state index in [9.17, 15) is 4.79 Å². The summed E-state index contributed by atoms with van der Waals surface area (Å²) in [5.74, 6) is 2.36. The van der Waals surface area contributed by atoms with Gasteiger partial charge in [-0.15, -0.1) is 0 Å². The summed E-state index contributed by atoms with van der Waals surface area (Å²) < 4.78 is 17.5. The van der Waals surface area contributed by atoms with E-state index in [1.54, 1.807) is 19.2 Å². The fourth-order valence-electron chi connectivity index (χ4n) is 5.62. The molecule has 3 heterocycles. The lowest BCUT2D eigenvalue weighted by molar-refractivity contribution is 0.000959. The van der Waals surface area contributed by atoms with Crippen molar-refractivity contribution in [2.24, 2.45) is 5.92 Å². The average molecular weight is 574 g/mol. The molecule has 10 heteroatoms. The molecule has 5 rings (SSSR count). The fourth-order valence-corrected chi connectivity index (χ4v) is 5.92. The summed E-state index contributed by atoms with van der Waals surface area (Å²) >= 11 is 12.2. The van der Waals surface area contributed by atoms with Crippen molar-refractivity contribution in [3.8, 4) is 11.5 Å². The Labute approximate surface area is 238 Å². The van der Waals surface area contributed by atoms with Crippen molar-refractivity contribution in [2.75, 3.05) is 19.0 Å². The molecule has 39 heavy (non-hydrogen) atoms. The molecule has 3 atom stereocenters. The number of halogens is 2. The molecule has 2 fully saturated rings. The van der Waals surface area contributed by atoms with Gasteiger partial charge >= 0.3 is 6.09 Å². The Morgan fingerprint density at radius 3 is 2.46 bits per heavy atom. The number of carbonyl (C=O) groups excluding carboxylic acids is 1. The van der Waals surface area contributed by atoms with Crippen molar-refractivity contribution in [2.45, 2.75) is 70.6 Å². The van der Waals surface area contributed by atoms with Gasteiger partial charge in [0.25, 0.3) is 0 Å². The Morgan fingerprint density at radius 1 is 1.05 bits per heavy atom. The number of rotatable bonds is 7. The van der Waals surface area contributed by atoms with E-state index in [0.717, 1.165) is 48.7 Å². The lowest BCUT2D eigenvalue weighted by atomic mass is 9.88. The van der Waals surface area contributed by atoms with Crippen LogP contribution in [0.4, 0.5) is 16.3 Å². The van der Waals surface area contributed by atoms with E-state index in [0.29, 0.717) is 39.9 Å². The van der Waals surface area contributed by atoms with Gasteiger partial charge in [-0.05, 0) is 83.1 Å². The first-order valence-corrected chi connectivity index (χ1v) is 14.1. The van der Waals surface area contributed by atoms with Crippen LogP contribution >= 0.6 is 23.2 Å². The van der Waals surface area contributed by atoms with Crippen molar-refractivity contribution < 1.29 is 19.0 Å². The molecule has 0 radical (unpaired) electrons. The molecule has 2 bridgehead atoms. The third-order valence-corrected chi connectivity index (χ3v) is 8.06. The molecule has 0 saturated carbocycles. The minimum absolute atomic E-state index is 0.180. The van der Waals surface area contributed by atoms with Crippen LogP contribution in [0.2, 0.25) is 10.0 Å². The maximum Gasteiger partial charge on any atom is 0.410 e. The molecule has 1 N–H and O–H groups in total. The summed E-state index contributed by atoms with van der Waals surface area (Å²) in [5.41, 5.74) is 1.01. The first-order chi connectivity index (χ1) is 18.6. The van der Waals surface area contributed by atoms with E-state index in [2.05, 4.69) is 15.3 Å². The molecule has 2 aliphatic rings. The highest BCUT2D eigenvalue weighted by Crippen LogP contribution is 2.41. The summed E-state index contributed by atoms with van der Waals surface area (Å²) in [5, 5.41) is 5.01. The average Bonchev–Trinajstić information content (AvgIpc) is 3.15. The molecule has 2 saturated heterocycles. The topological polar surface area (TPSA) is 85.8 Å². The zero-order valence-corrected chi connectivity index (χ0v) is 24.2. The van der Waals surface area contributed by atoms with Gasteiger partial charge in [-0.1, -0.05) is 23.2 Å². The first kappa shape index (κ1) is 27.6. The summed E-state index contributed by atoms with van der Waals surface area (Å²) in [6.07, 6.45) is 6.27. The number of hydrogen-bond donors (Lipinski definition) is 1. The quantitative estimate of drug-likeness (QED) is 0.311. The molecule has 3 aromatic rings. The Balaban J connectivity index is 1.23. The number of amides is 1. The summed E-state index contributed by atoms with van der Waals surface area (Å²) in [6, 6.07) is 9.57. The summed E-state index contributed by atoms with van der Waals surface area (Å²) in [4.78, 5) is 23.6. The predicted octanol–water partition coefficient (Wildman–Crippen LogP) is 7.64. The smallest absolute Gasteiger partial charge is 0.410 e. The molecule has 1 unspecified atom stereocenters. The van der Waals surface area contributed by atoms with Gasteiger partial charge in [0, 0.05) is 29.2 Å². The molecular weight excluding hydrogens is 539 g/mol. The van der Waals surface area contributed by atoms with Gasteiger partial charge in [0.05, 0.1) is 29.3 Å². The third kappa shape index (κ3) is 6.28. The molecule has 2 aromatic carbocycles. The molecule has 1 aromatic heterocycles. The Bertz CT molecular complexity index is 1350. The minimum atomic E-state index is -0.481. The van der Waals surface area contributed by atoms with Crippen molar-refractivity contribution in [1.82, 2.24) is 14.9 Å². The monoisotopic (exact) mass is 572 g/mol. The van der Waals surface area contributed by atoms with Crippen LogP contribution in [-0.2, 0) is 4.74 Å². The van der Waals surface area contributed by atoms with Gasteiger partial charge in [-0.3, -0.25) is 0 Å². The van der Waals surface area contributed by atoms with Crippen LogP contribution in [0.1, 0.15) is 52.9 Å². The first-order valence-electron chi connectivity index (χ1n) is 13.3. The zero-order valence-electron chi connectivity index (χ0n) is 22.7. The maximum atomic E-state index is 12.8. The van der Waals surface area contributed by atoms with Crippen LogP contribution < -0.4 is 14.8 Å². The molecular formula is C29H34Cl2N4O4. The number of benzene rings is 2. The van der Waals surface area contributed by atoms with Crippen LogP contribution in [0.25, 0.3) is 10.9 Å². The van der Waals surface area contributed by atoms with Gasteiger partial charge in [-0.2, -0.15) is 0 Å². The van der Waals surface area contributed by atoms with E-state index < -0.39 is 5.60 Å². The van der Waals surface area contributed by atoms with E-state index in [4.69, 9.17) is 37.4 Å². The van der Waals surface area contributed by atoms with Gasteiger partial charge in [0.2, 0.25) is 0 Å².